The van der Waals surface area contributed by atoms with E-state index in [0.717, 1.165) is 17.5 Å². The van der Waals surface area contributed by atoms with Crippen molar-refractivity contribution in [3.8, 4) is 5.75 Å². The molecule has 0 aliphatic heterocycles. The van der Waals surface area contributed by atoms with E-state index in [1.54, 1.807) is 13.2 Å². The molecule has 0 aliphatic rings. The minimum absolute atomic E-state index is 0.609. The third kappa shape index (κ3) is 1.19. The van der Waals surface area contributed by atoms with Gasteiger partial charge < -0.3 is 15.0 Å². The van der Waals surface area contributed by atoms with Crippen molar-refractivity contribution in [1.29, 1.82) is 0 Å². The Hall–Kier alpha value is -1.71. The van der Waals surface area contributed by atoms with Gasteiger partial charge in [0.05, 0.1) is 18.5 Å². The SMILES string of the molecule is CCc1noc2cc(OC)c(N)cc12. The Labute approximate surface area is 81.6 Å². The zero-order valence-corrected chi connectivity index (χ0v) is 8.20. The first-order valence-electron chi connectivity index (χ1n) is 4.48. The fourth-order valence-corrected chi connectivity index (χ4v) is 1.46. The van der Waals surface area contributed by atoms with Crippen molar-refractivity contribution < 1.29 is 9.26 Å². The molecule has 2 aromatic rings. The summed E-state index contributed by atoms with van der Waals surface area (Å²) >= 11 is 0. The van der Waals surface area contributed by atoms with E-state index in [1.165, 1.54) is 0 Å². The molecular formula is C10H12N2O2. The van der Waals surface area contributed by atoms with E-state index < -0.39 is 0 Å². The van der Waals surface area contributed by atoms with E-state index in [9.17, 15) is 0 Å². The molecule has 1 aromatic heterocycles. The summed E-state index contributed by atoms with van der Waals surface area (Å²) in [4.78, 5) is 0. The van der Waals surface area contributed by atoms with E-state index in [1.807, 2.05) is 13.0 Å². The summed E-state index contributed by atoms with van der Waals surface area (Å²) in [6, 6.07) is 3.60. The highest BCUT2D eigenvalue weighted by Gasteiger charge is 2.10. The van der Waals surface area contributed by atoms with Gasteiger partial charge in [0.15, 0.2) is 5.58 Å². The summed E-state index contributed by atoms with van der Waals surface area (Å²) < 4.78 is 10.2. The van der Waals surface area contributed by atoms with Crippen LogP contribution in [0.3, 0.4) is 0 Å². The van der Waals surface area contributed by atoms with Gasteiger partial charge >= 0.3 is 0 Å². The summed E-state index contributed by atoms with van der Waals surface area (Å²) in [5.74, 6) is 0.622. The number of hydrogen-bond donors (Lipinski definition) is 1. The minimum atomic E-state index is 0.609. The smallest absolute Gasteiger partial charge is 0.170 e. The molecular weight excluding hydrogens is 180 g/mol. The van der Waals surface area contributed by atoms with Crippen molar-refractivity contribution in [2.24, 2.45) is 0 Å². The molecule has 1 aromatic carbocycles. The summed E-state index contributed by atoms with van der Waals surface area (Å²) in [5.41, 5.74) is 8.04. The number of nitrogens with two attached hydrogens (primary N) is 1. The molecule has 4 heteroatoms. The van der Waals surface area contributed by atoms with Crippen molar-refractivity contribution in [2.45, 2.75) is 13.3 Å². The largest absolute Gasteiger partial charge is 0.494 e. The molecule has 0 saturated heterocycles. The first-order chi connectivity index (χ1) is 6.76. The summed E-state index contributed by atoms with van der Waals surface area (Å²) in [6.45, 7) is 2.03. The molecule has 14 heavy (non-hydrogen) atoms. The van der Waals surface area contributed by atoms with Gasteiger partial charge in [0.25, 0.3) is 0 Å². The third-order valence-corrected chi connectivity index (χ3v) is 2.23. The number of ether oxygens (including phenoxy) is 1. The maximum Gasteiger partial charge on any atom is 0.170 e. The van der Waals surface area contributed by atoms with E-state index in [-0.39, 0.29) is 0 Å². The van der Waals surface area contributed by atoms with Crippen molar-refractivity contribution in [1.82, 2.24) is 5.16 Å². The lowest BCUT2D eigenvalue weighted by molar-refractivity contribution is 0.413. The Balaban J connectivity index is 2.69. The molecule has 0 aliphatic carbocycles. The van der Waals surface area contributed by atoms with Crippen LogP contribution >= 0.6 is 0 Å². The highest BCUT2D eigenvalue weighted by Crippen LogP contribution is 2.29. The lowest BCUT2D eigenvalue weighted by Crippen LogP contribution is -1.91. The van der Waals surface area contributed by atoms with Crippen molar-refractivity contribution in [2.75, 3.05) is 12.8 Å². The Kier molecular flexibility index (Phi) is 2.04. The monoisotopic (exact) mass is 192 g/mol. The van der Waals surface area contributed by atoms with Crippen LogP contribution in [0.2, 0.25) is 0 Å². The van der Waals surface area contributed by atoms with Crippen LogP contribution in [-0.4, -0.2) is 12.3 Å². The molecule has 0 fully saturated rings. The van der Waals surface area contributed by atoms with E-state index in [2.05, 4.69) is 5.16 Å². The second-order valence-corrected chi connectivity index (χ2v) is 3.07. The van der Waals surface area contributed by atoms with Gasteiger partial charge in [-0.1, -0.05) is 12.1 Å². The van der Waals surface area contributed by atoms with Gasteiger partial charge in [-0.25, -0.2) is 0 Å². The Morgan fingerprint density at radius 2 is 2.29 bits per heavy atom. The van der Waals surface area contributed by atoms with Gasteiger partial charge in [0.2, 0.25) is 0 Å². The van der Waals surface area contributed by atoms with Gasteiger partial charge in [-0.15, -0.1) is 0 Å². The van der Waals surface area contributed by atoms with E-state index >= 15 is 0 Å². The molecule has 0 saturated carbocycles. The maximum atomic E-state index is 5.79. The van der Waals surface area contributed by atoms with Crippen LogP contribution in [-0.2, 0) is 6.42 Å². The van der Waals surface area contributed by atoms with Gasteiger partial charge in [0.1, 0.15) is 5.75 Å². The number of anilines is 1. The number of rotatable bonds is 2. The minimum Gasteiger partial charge on any atom is -0.494 e. The van der Waals surface area contributed by atoms with Crippen LogP contribution in [0, 0.1) is 0 Å². The molecule has 0 bridgehead atoms. The van der Waals surface area contributed by atoms with Crippen LogP contribution < -0.4 is 10.5 Å². The van der Waals surface area contributed by atoms with Crippen LogP contribution in [0.1, 0.15) is 12.6 Å². The first kappa shape index (κ1) is 8.87. The zero-order chi connectivity index (χ0) is 10.1. The highest BCUT2D eigenvalue weighted by atomic mass is 16.5. The zero-order valence-electron chi connectivity index (χ0n) is 8.20. The van der Waals surface area contributed by atoms with Crippen LogP contribution in [0.4, 0.5) is 5.69 Å². The number of aryl methyl sites for hydroxylation is 1. The lowest BCUT2D eigenvalue weighted by Gasteiger charge is -2.02. The molecule has 1 heterocycles. The maximum absolute atomic E-state index is 5.79. The van der Waals surface area contributed by atoms with Gasteiger partial charge in [-0.05, 0) is 12.5 Å². The van der Waals surface area contributed by atoms with Crippen molar-refractivity contribution in [3.05, 3.63) is 17.8 Å². The summed E-state index contributed by atoms with van der Waals surface area (Å²) in [7, 11) is 1.58. The first-order valence-corrected chi connectivity index (χ1v) is 4.48. The number of nitrogens with zero attached hydrogens (tertiary/aromatic N) is 1. The van der Waals surface area contributed by atoms with Crippen molar-refractivity contribution >= 4 is 16.7 Å². The van der Waals surface area contributed by atoms with E-state index in [4.69, 9.17) is 15.0 Å². The van der Waals surface area contributed by atoms with Crippen LogP contribution in [0.5, 0.6) is 5.75 Å². The lowest BCUT2D eigenvalue weighted by atomic mass is 10.1. The molecule has 0 atom stereocenters. The summed E-state index contributed by atoms with van der Waals surface area (Å²) in [5, 5.41) is 4.91. The fourth-order valence-electron chi connectivity index (χ4n) is 1.46. The predicted molar refractivity (Wildman–Crippen MR) is 54.4 cm³/mol. The molecule has 74 valence electrons. The number of methoxy groups -OCH3 is 1. The average Bonchev–Trinajstić information content (AvgIpc) is 2.58. The molecule has 2 N–H and O–H groups in total. The van der Waals surface area contributed by atoms with E-state index in [0.29, 0.717) is 17.0 Å². The number of hydrogen-bond acceptors (Lipinski definition) is 4. The standard InChI is InChI=1S/C10H12N2O2/c1-3-8-6-4-7(11)10(13-2)5-9(6)14-12-8/h4-5H,3,11H2,1-2H3. The fraction of sp³-hybridized carbons (Fsp3) is 0.300. The number of aromatic nitrogens is 1. The van der Waals surface area contributed by atoms with Gasteiger partial charge in [-0.2, -0.15) is 0 Å². The second-order valence-electron chi connectivity index (χ2n) is 3.07. The molecule has 0 amide bonds. The molecule has 0 radical (unpaired) electrons. The second kappa shape index (κ2) is 3.21. The normalized spacial score (nSPS) is 10.7. The molecule has 0 spiro atoms. The Morgan fingerprint density at radius 3 is 2.93 bits per heavy atom. The van der Waals surface area contributed by atoms with Crippen molar-refractivity contribution in [3.63, 3.8) is 0 Å². The van der Waals surface area contributed by atoms with Crippen LogP contribution in [0.15, 0.2) is 16.7 Å². The third-order valence-electron chi connectivity index (χ3n) is 2.23. The Bertz CT molecular complexity index is 462. The van der Waals surface area contributed by atoms with Crippen LogP contribution in [0.25, 0.3) is 11.0 Å². The summed E-state index contributed by atoms with van der Waals surface area (Å²) in [6.07, 6.45) is 0.832. The number of fused-ring (bicyclic) bond motifs is 1. The molecule has 2 rings (SSSR count). The van der Waals surface area contributed by atoms with Gasteiger partial charge in [-0.3, -0.25) is 0 Å². The van der Waals surface area contributed by atoms with Gasteiger partial charge in [0, 0.05) is 11.5 Å². The highest BCUT2D eigenvalue weighted by molar-refractivity contribution is 5.85. The molecule has 4 nitrogen and oxygen atoms in total. The number of nitrogen functional groups attached to an aromatic ring is 1. The molecule has 0 unspecified atom stereocenters. The Morgan fingerprint density at radius 1 is 1.50 bits per heavy atom. The predicted octanol–water partition coefficient (Wildman–Crippen LogP) is 1.98. The average molecular weight is 192 g/mol. The topological polar surface area (TPSA) is 61.3 Å². The number of benzene rings is 1. The quantitative estimate of drug-likeness (QED) is 0.739.